The molecule has 0 aliphatic heterocycles. The molecule has 3 nitrogen and oxygen atoms in total. The molecular formula is C20H22N2O. The first kappa shape index (κ1) is 15.3. The van der Waals surface area contributed by atoms with Crippen molar-refractivity contribution in [3.8, 4) is 28.3 Å². The fourth-order valence-corrected chi connectivity index (χ4v) is 2.72. The van der Waals surface area contributed by atoms with Gasteiger partial charge >= 0.3 is 0 Å². The minimum absolute atomic E-state index is 0.242. The van der Waals surface area contributed by atoms with Crippen LogP contribution in [0.5, 0.6) is 5.88 Å². The molecule has 0 aliphatic rings. The van der Waals surface area contributed by atoms with Gasteiger partial charge in [0.1, 0.15) is 5.69 Å². The fraction of sp³-hybridized carbons (Fsp3) is 0.250. The predicted molar refractivity (Wildman–Crippen MR) is 94.5 cm³/mol. The zero-order chi connectivity index (χ0) is 16.4. The number of aromatic hydroxyl groups is 1. The van der Waals surface area contributed by atoms with E-state index in [9.17, 15) is 5.11 Å². The first-order valence-corrected chi connectivity index (χ1v) is 8.04. The molecule has 0 spiro atoms. The first-order valence-electron chi connectivity index (χ1n) is 8.04. The Hall–Kier alpha value is -2.55. The summed E-state index contributed by atoms with van der Waals surface area (Å²) in [5.74, 6) is 0.242. The van der Waals surface area contributed by atoms with Crippen LogP contribution in [0.3, 0.4) is 0 Å². The molecular weight excluding hydrogens is 284 g/mol. The van der Waals surface area contributed by atoms with Gasteiger partial charge in [0, 0.05) is 12.1 Å². The minimum atomic E-state index is 0.242. The van der Waals surface area contributed by atoms with E-state index in [1.165, 1.54) is 11.1 Å². The van der Waals surface area contributed by atoms with Crippen LogP contribution in [0.2, 0.25) is 0 Å². The lowest BCUT2D eigenvalue weighted by Gasteiger charge is -2.05. The maximum absolute atomic E-state index is 10.7. The number of aromatic nitrogens is 2. The molecule has 0 unspecified atom stereocenters. The highest BCUT2D eigenvalue weighted by Crippen LogP contribution is 2.38. The topological polar surface area (TPSA) is 38.0 Å². The van der Waals surface area contributed by atoms with Gasteiger partial charge in [-0.25, -0.2) is 4.68 Å². The second-order valence-corrected chi connectivity index (χ2v) is 6.00. The molecule has 1 N–H and O–H groups in total. The van der Waals surface area contributed by atoms with E-state index in [1.807, 2.05) is 12.1 Å². The standard InChI is InChI=1S/C20H22N2O/c1-4-13-22-20(23)18(16-9-5-14(2)6-10-16)19(21-22)17-11-7-15(3)8-12-17/h5-12,23H,4,13H2,1-3H3. The van der Waals surface area contributed by atoms with Crippen LogP contribution < -0.4 is 0 Å². The van der Waals surface area contributed by atoms with Gasteiger partial charge in [-0.15, -0.1) is 0 Å². The molecule has 0 aliphatic carbocycles. The quantitative estimate of drug-likeness (QED) is 0.740. The van der Waals surface area contributed by atoms with Gasteiger partial charge in [0.25, 0.3) is 0 Å². The second-order valence-electron chi connectivity index (χ2n) is 6.00. The van der Waals surface area contributed by atoms with Crippen LogP contribution in [0.25, 0.3) is 22.4 Å². The third-order valence-electron chi connectivity index (χ3n) is 4.03. The Morgan fingerprint density at radius 3 is 1.91 bits per heavy atom. The van der Waals surface area contributed by atoms with E-state index < -0.39 is 0 Å². The average molecular weight is 306 g/mol. The van der Waals surface area contributed by atoms with Crippen LogP contribution in [0, 0.1) is 13.8 Å². The Kier molecular flexibility index (Phi) is 4.20. The van der Waals surface area contributed by atoms with Crippen molar-refractivity contribution in [3.63, 3.8) is 0 Å². The highest BCUT2D eigenvalue weighted by molar-refractivity contribution is 5.84. The van der Waals surface area contributed by atoms with E-state index in [0.717, 1.165) is 28.8 Å². The van der Waals surface area contributed by atoms with Crippen molar-refractivity contribution < 1.29 is 5.11 Å². The normalized spacial score (nSPS) is 10.9. The summed E-state index contributed by atoms with van der Waals surface area (Å²) in [6.45, 7) is 6.91. The molecule has 0 radical (unpaired) electrons. The molecule has 3 aromatic rings. The number of aryl methyl sites for hydroxylation is 3. The molecule has 3 heteroatoms. The van der Waals surface area contributed by atoms with Gasteiger partial charge in [-0.3, -0.25) is 0 Å². The molecule has 118 valence electrons. The second kappa shape index (κ2) is 6.29. The number of nitrogens with zero attached hydrogens (tertiary/aromatic N) is 2. The molecule has 0 saturated heterocycles. The van der Waals surface area contributed by atoms with E-state index >= 15 is 0 Å². The number of rotatable bonds is 4. The van der Waals surface area contributed by atoms with Crippen LogP contribution in [0.15, 0.2) is 48.5 Å². The predicted octanol–water partition coefficient (Wildman–Crippen LogP) is 4.95. The summed E-state index contributed by atoms with van der Waals surface area (Å²) < 4.78 is 1.70. The van der Waals surface area contributed by atoms with Crippen molar-refractivity contribution in [3.05, 3.63) is 59.7 Å². The van der Waals surface area contributed by atoms with Crippen LogP contribution in [-0.4, -0.2) is 14.9 Å². The molecule has 2 aromatic carbocycles. The Morgan fingerprint density at radius 1 is 0.870 bits per heavy atom. The van der Waals surface area contributed by atoms with Gasteiger partial charge in [0.15, 0.2) is 0 Å². The lowest BCUT2D eigenvalue weighted by molar-refractivity contribution is 0.399. The van der Waals surface area contributed by atoms with Crippen molar-refractivity contribution in [1.82, 2.24) is 9.78 Å². The molecule has 1 heterocycles. The maximum atomic E-state index is 10.7. The Balaban J connectivity index is 2.19. The number of benzene rings is 2. The molecule has 0 atom stereocenters. The SMILES string of the molecule is CCCn1nc(-c2ccc(C)cc2)c(-c2ccc(C)cc2)c1O. The van der Waals surface area contributed by atoms with E-state index in [0.29, 0.717) is 6.54 Å². The molecule has 23 heavy (non-hydrogen) atoms. The fourth-order valence-electron chi connectivity index (χ4n) is 2.72. The van der Waals surface area contributed by atoms with Gasteiger partial charge in [0.05, 0.1) is 5.56 Å². The molecule has 0 saturated carbocycles. The van der Waals surface area contributed by atoms with Crippen molar-refractivity contribution in [2.45, 2.75) is 33.7 Å². The highest BCUT2D eigenvalue weighted by atomic mass is 16.3. The molecule has 0 fully saturated rings. The number of hydrogen-bond acceptors (Lipinski definition) is 2. The first-order chi connectivity index (χ1) is 11.1. The highest BCUT2D eigenvalue weighted by Gasteiger charge is 2.19. The zero-order valence-electron chi connectivity index (χ0n) is 13.9. The van der Waals surface area contributed by atoms with Crippen molar-refractivity contribution in [1.29, 1.82) is 0 Å². The van der Waals surface area contributed by atoms with Gasteiger partial charge in [-0.1, -0.05) is 66.6 Å². The summed E-state index contributed by atoms with van der Waals surface area (Å²) in [6.07, 6.45) is 0.927. The molecule has 3 rings (SSSR count). The van der Waals surface area contributed by atoms with Gasteiger partial charge in [-0.05, 0) is 25.8 Å². The molecule has 0 amide bonds. The zero-order valence-corrected chi connectivity index (χ0v) is 13.9. The summed E-state index contributed by atoms with van der Waals surface area (Å²) in [5, 5.41) is 15.3. The summed E-state index contributed by atoms with van der Waals surface area (Å²) in [5.41, 5.74) is 6.07. The van der Waals surface area contributed by atoms with Gasteiger partial charge < -0.3 is 5.11 Å². The number of hydrogen-bond donors (Lipinski definition) is 1. The third-order valence-corrected chi connectivity index (χ3v) is 4.03. The Morgan fingerprint density at radius 2 is 1.39 bits per heavy atom. The van der Waals surface area contributed by atoms with Crippen LogP contribution in [-0.2, 0) is 6.54 Å². The van der Waals surface area contributed by atoms with E-state index in [2.05, 4.69) is 62.3 Å². The van der Waals surface area contributed by atoms with E-state index in [4.69, 9.17) is 0 Å². The Labute approximate surface area is 137 Å². The van der Waals surface area contributed by atoms with Gasteiger partial charge in [0.2, 0.25) is 5.88 Å². The van der Waals surface area contributed by atoms with Crippen LogP contribution >= 0.6 is 0 Å². The summed E-state index contributed by atoms with van der Waals surface area (Å²) in [7, 11) is 0. The van der Waals surface area contributed by atoms with Crippen molar-refractivity contribution in [2.75, 3.05) is 0 Å². The van der Waals surface area contributed by atoms with E-state index in [-0.39, 0.29) is 5.88 Å². The lowest BCUT2D eigenvalue weighted by Crippen LogP contribution is -1.98. The average Bonchev–Trinajstić information content (AvgIpc) is 2.86. The molecule has 1 aromatic heterocycles. The van der Waals surface area contributed by atoms with Crippen LogP contribution in [0.1, 0.15) is 24.5 Å². The third kappa shape index (κ3) is 3.00. The summed E-state index contributed by atoms with van der Waals surface area (Å²) in [4.78, 5) is 0. The Bertz CT molecular complexity index is 799. The molecule has 0 bridgehead atoms. The lowest BCUT2D eigenvalue weighted by atomic mass is 10.00. The largest absolute Gasteiger partial charge is 0.493 e. The smallest absolute Gasteiger partial charge is 0.218 e. The van der Waals surface area contributed by atoms with Crippen molar-refractivity contribution >= 4 is 0 Å². The summed E-state index contributed by atoms with van der Waals surface area (Å²) >= 11 is 0. The van der Waals surface area contributed by atoms with Crippen molar-refractivity contribution in [2.24, 2.45) is 0 Å². The van der Waals surface area contributed by atoms with Gasteiger partial charge in [-0.2, -0.15) is 5.10 Å². The monoisotopic (exact) mass is 306 g/mol. The van der Waals surface area contributed by atoms with Crippen LogP contribution in [0.4, 0.5) is 0 Å². The summed E-state index contributed by atoms with van der Waals surface area (Å²) in [6, 6.07) is 16.5. The van der Waals surface area contributed by atoms with E-state index in [1.54, 1.807) is 4.68 Å². The minimum Gasteiger partial charge on any atom is -0.493 e. The maximum Gasteiger partial charge on any atom is 0.218 e.